The molecule has 12 heteroatoms. The molecule has 11 nitrogen and oxygen atoms in total. The Kier molecular flexibility index (Phi) is 8.32. The number of nitrogens with two attached hydrogens (primary N) is 1. The van der Waals surface area contributed by atoms with Crippen LogP contribution in [0.4, 0.5) is 11.6 Å². The van der Waals surface area contributed by atoms with Gasteiger partial charge in [-0.1, -0.05) is 6.92 Å². The molecule has 0 saturated heterocycles. The summed E-state index contributed by atoms with van der Waals surface area (Å²) in [5.74, 6) is 0.844. The molecule has 0 aromatic carbocycles. The lowest BCUT2D eigenvalue weighted by Crippen LogP contribution is -2.39. The number of carbonyl (C=O) groups is 1. The number of hydrogen-bond donors (Lipinski definition) is 2. The highest BCUT2D eigenvalue weighted by molar-refractivity contribution is 7.91. The number of ether oxygens (including phenoxy) is 3. The van der Waals surface area contributed by atoms with Crippen LogP contribution >= 0.6 is 0 Å². The first kappa shape index (κ1) is 30.6. The minimum absolute atomic E-state index is 0.113. The lowest BCUT2D eigenvalue weighted by atomic mass is 9.84. The van der Waals surface area contributed by atoms with Crippen molar-refractivity contribution in [3.63, 3.8) is 0 Å². The van der Waals surface area contributed by atoms with Gasteiger partial charge in [0.1, 0.15) is 27.1 Å². The number of hydrogen-bond acceptors (Lipinski definition) is 11. The second-order valence-corrected chi connectivity index (χ2v) is 14.2. The summed E-state index contributed by atoms with van der Waals surface area (Å²) in [6.07, 6.45) is 4.40. The van der Waals surface area contributed by atoms with Crippen molar-refractivity contribution in [3.8, 4) is 5.88 Å². The van der Waals surface area contributed by atoms with Gasteiger partial charge >= 0.3 is 5.97 Å². The van der Waals surface area contributed by atoms with Crippen LogP contribution in [-0.4, -0.2) is 66.3 Å². The van der Waals surface area contributed by atoms with Crippen molar-refractivity contribution in [1.29, 1.82) is 0 Å². The second-order valence-electron chi connectivity index (χ2n) is 11.7. The maximum atomic E-state index is 12.5. The number of rotatable bonds is 10. The Morgan fingerprint density at radius 1 is 1.17 bits per heavy atom. The third kappa shape index (κ3) is 6.44. The molecule has 0 aliphatic carbocycles. The molecule has 0 amide bonds. The van der Waals surface area contributed by atoms with Gasteiger partial charge in [0.25, 0.3) is 0 Å². The molecule has 0 fully saturated rings. The minimum atomic E-state index is -3.20. The van der Waals surface area contributed by atoms with Crippen molar-refractivity contribution in [2.75, 3.05) is 25.3 Å². The third-order valence-corrected chi connectivity index (χ3v) is 9.37. The Labute approximate surface area is 241 Å². The van der Waals surface area contributed by atoms with Crippen LogP contribution in [0.1, 0.15) is 75.5 Å². The number of aromatic nitrogens is 3. The molecular weight excluding hydrogens is 546 g/mol. The number of nitrogens with one attached hydrogen (secondary N) is 1. The first-order valence-electron chi connectivity index (χ1n) is 13.5. The van der Waals surface area contributed by atoms with E-state index in [1.807, 2.05) is 40.7 Å². The lowest BCUT2D eigenvalue weighted by Gasteiger charge is -2.36. The van der Waals surface area contributed by atoms with E-state index in [2.05, 4.69) is 15.3 Å². The number of methoxy groups -OCH3 is 1. The Bertz CT molecular complexity index is 1570. The fraction of sp³-hybridized carbons (Fsp3) is 0.517. The van der Waals surface area contributed by atoms with Gasteiger partial charge in [-0.15, -0.1) is 0 Å². The van der Waals surface area contributed by atoms with Crippen molar-refractivity contribution < 1.29 is 27.4 Å². The summed E-state index contributed by atoms with van der Waals surface area (Å²) in [5.41, 5.74) is 6.91. The standard InChI is InChI=1S/C29H39N5O6S/c1-16(11-17(2)41(8,36)37)39-26-21-13-31-24(12-20(21)22(14-32-26)29(6,30)15-38-7)33-23-10-9-19-25(34-23)18(3)28(4,5)40-27(19)35/h9-10,12-14,16-18H,11,15,30H2,1-8H3,(H,31,33,34)/t16-,17-,18-,29-/m1/s1. The molecule has 4 heterocycles. The fourth-order valence-corrected chi connectivity index (χ4v) is 5.50. The van der Waals surface area contributed by atoms with E-state index in [-0.39, 0.29) is 12.5 Å². The van der Waals surface area contributed by atoms with Gasteiger partial charge in [0.15, 0.2) is 0 Å². The molecular formula is C29H39N5O6S. The van der Waals surface area contributed by atoms with E-state index < -0.39 is 38.3 Å². The number of sulfone groups is 1. The molecule has 3 N–H and O–H groups in total. The Hall–Kier alpha value is -3.35. The van der Waals surface area contributed by atoms with E-state index in [1.165, 1.54) is 6.26 Å². The van der Waals surface area contributed by atoms with Gasteiger partial charge in [-0.05, 0) is 58.2 Å². The fourth-order valence-electron chi connectivity index (χ4n) is 4.88. The van der Waals surface area contributed by atoms with Gasteiger partial charge in [0.05, 0.1) is 40.1 Å². The zero-order chi connectivity index (χ0) is 30.3. The van der Waals surface area contributed by atoms with Gasteiger partial charge in [0.2, 0.25) is 5.88 Å². The molecule has 0 bridgehead atoms. The number of cyclic esters (lactones) is 1. The normalized spacial score (nSPS) is 19.5. The minimum Gasteiger partial charge on any atom is -0.474 e. The van der Waals surface area contributed by atoms with Gasteiger partial charge < -0.3 is 25.3 Å². The summed E-state index contributed by atoms with van der Waals surface area (Å²) in [6, 6.07) is 5.25. The van der Waals surface area contributed by atoms with Crippen molar-refractivity contribution in [1.82, 2.24) is 15.0 Å². The molecule has 222 valence electrons. The highest BCUT2D eigenvalue weighted by Gasteiger charge is 2.40. The summed E-state index contributed by atoms with van der Waals surface area (Å²) < 4.78 is 40.9. The number of esters is 1. The molecule has 0 radical (unpaired) electrons. The third-order valence-electron chi connectivity index (χ3n) is 7.71. The molecule has 0 spiro atoms. The van der Waals surface area contributed by atoms with Gasteiger partial charge in [-0.2, -0.15) is 0 Å². The monoisotopic (exact) mass is 585 g/mol. The molecule has 41 heavy (non-hydrogen) atoms. The first-order chi connectivity index (χ1) is 19.0. The second kappa shape index (κ2) is 11.1. The van der Waals surface area contributed by atoms with E-state index in [0.717, 1.165) is 10.9 Å². The van der Waals surface area contributed by atoms with E-state index in [4.69, 9.17) is 24.9 Å². The van der Waals surface area contributed by atoms with E-state index in [1.54, 1.807) is 38.6 Å². The smallest absolute Gasteiger partial charge is 0.340 e. The Morgan fingerprint density at radius 3 is 2.54 bits per heavy atom. The van der Waals surface area contributed by atoms with Crippen LogP contribution in [0.3, 0.4) is 0 Å². The van der Waals surface area contributed by atoms with Crippen molar-refractivity contribution >= 4 is 38.2 Å². The number of carbonyl (C=O) groups excluding carboxylic acids is 1. The molecule has 0 unspecified atom stereocenters. The van der Waals surface area contributed by atoms with Gasteiger partial charge in [-0.25, -0.2) is 28.2 Å². The number of nitrogens with zero attached hydrogens (tertiary/aromatic N) is 3. The zero-order valence-electron chi connectivity index (χ0n) is 24.8. The highest BCUT2D eigenvalue weighted by atomic mass is 32.2. The SMILES string of the molecule is COC[C@@](C)(N)c1cnc(O[C@H](C)C[C@@H](C)S(C)(=O)=O)c2cnc(Nc3ccc4c(n3)[C@@H](C)C(C)(C)OC4=O)cc12. The summed E-state index contributed by atoms with van der Waals surface area (Å²) in [5, 5.41) is 4.05. The maximum absolute atomic E-state index is 12.5. The molecule has 3 aromatic heterocycles. The van der Waals surface area contributed by atoms with Crippen LogP contribution in [0, 0.1) is 0 Å². The predicted octanol–water partition coefficient (Wildman–Crippen LogP) is 4.23. The van der Waals surface area contributed by atoms with Crippen LogP contribution in [0.25, 0.3) is 10.8 Å². The van der Waals surface area contributed by atoms with Gasteiger partial charge in [0, 0.05) is 43.7 Å². The van der Waals surface area contributed by atoms with Gasteiger partial charge in [-0.3, -0.25) is 0 Å². The van der Waals surface area contributed by atoms with E-state index in [9.17, 15) is 13.2 Å². The molecule has 1 aliphatic heterocycles. The number of pyridine rings is 3. The quantitative estimate of drug-likeness (QED) is 0.328. The van der Waals surface area contributed by atoms with Crippen LogP contribution < -0.4 is 15.8 Å². The largest absolute Gasteiger partial charge is 0.474 e. The molecule has 0 saturated carbocycles. The summed E-state index contributed by atoms with van der Waals surface area (Å²) in [6.45, 7) is 11.3. The molecule has 4 rings (SSSR count). The topological polar surface area (TPSA) is 156 Å². The van der Waals surface area contributed by atoms with Crippen LogP contribution in [-0.2, 0) is 24.8 Å². The number of anilines is 2. The Morgan fingerprint density at radius 2 is 1.88 bits per heavy atom. The van der Waals surface area contributed by atoms with Crippen LogP contribution in [0.15, 0.2) is 30.6 Å². The van der Waals surface area contributed by atoms with E-state index >= 15 is 0 Å². The van der Waals surface area contributed by atoms with Crippen LogP contribution in [0.2, 0.25) is 0 Å². The first-order valence-corrected chi connectivity index (χ1v) is 15.4. The van der Waals surface area contributed by atoms with Crippen molar-refractivity contribution in [2.24, 2.45) is 5.73 Å². The predicted molar refractivity (Wildman–Crippen MR) is 157 cm³/mol. The summed E-state index contributed by atoms with van der Waals surface area (Å²) in [7, 11) is -1.62. The highest BCUT2D eigenvalue weighted by Crippen LogP contribution is 2.38. The molecule has 4 atom stereocenters. The molecule has 3 aromatic rings. The van der Waals surface area contributed by atoms with Crippen LogP contribution in [0.5, 0.6) is 5.88 Å². The summed E-state index contributed by atoms with van der Waals surface area (Å²) >= 11 is 0. The average Bonchev–Trinajstić information content (AvgIpc) is 2.86. The maximum Gasteiger partial charge on any atom is 0.340 e. The Balaban J connectivity index is 1.72. The lowest BCUT2D eigenvalue weighted by molar-refractivity contribution is -0.0189. The number of fused-ring (bicyclic) bond motifs is 2. The van der Waals surface area contributed by atoms with E-state index in [0.29, 0.717) is 40.6 Å². The molecule has 1 aliphatic rings. The van der Waals surface area contributed by atoms with Crippen molar-refractivity contribution in [2.45, 2.75) is 76.4 Å². The van der Waals surface area contributed by atoms with Crippen molar-refractivity contribution in [3.05, 3.63) is 47.4 Å². The summed E-state index contributed by atoms with van der Waals surface area (Å²) in [4.78, 5) is 26.4. The zero-order valence-corrected chi connectivity index (χ0v) is 25.6. The average molecular weight is 586 g/mol.